The van der Waals surface area contributed by atoms with Crippen molar-refractivity contribution in [2.75, 3.05) is 46.1 Å². The zero-order chi connectivity index (χ0) is 30.9. The van der Waals surface area contributed by atoms with E-state index in [1.165, 1.54) is 0 Å². The van der Waals surface area contributed by atoms with Gasteiger partial charge < -0.3 is 19.3 Å². The summed E-state index contributed by atoms with van der Waals surface area (Å²) in [7, 11) is 0. The van der Waals surface area contributed by atoms with Crippen molar-refractivity contribution < 1.29 is 19.3 Å². The third kappa shape index (κ3) is 7.20. The molecule has 13 heteroatoms. The van der Waals surface area contributed by atoms with Crippen LogP contribution in [0.15, 0.2) is 15.3 Å². The van der Waals surface area contributed by atoms with Crippen LogP contribution in [0.4, 0.5) is 0 Å². The fraction of sp³-hybridized carbons (Fsp3) is 1.00. The second-order valence-electron chi connectivity index (χ2n) is 13.8. The molecule has 0 radical (unpaired) electrons. The Balaban J connectivity index is 1.65. The van der Waals surface area contributed by atoms with Crippen molar-refractivity contribution in [3.8, 4) is 0 Å². The number of azide groups is 3. The summed E-state index contributed by atoms with van der Waals surface area (Å²) in [5.74, 6) is 2.59. The van der Waals surface area contributed by atoms with Crippen LogP contribution in [0.2, 0.25) is 0 Å². The molecule has 0 heterocycles. The smallest absolute Gasteiger partial charge is 0.0637 e. The monoisotopic (exact) mass is 601 g/mol. The van der Waals surface area contributed by atoms with Gasteiger partial charge in [0.05, 0.1) is 38.1 Å². The molecule has 4 fully saturated rings. The first-order chi connectivity index (χ1) is 20.8. The zero-order valence-corrected chi connectivity index (χ0v) is 26.2. The first kappa shape index (κ1) is 33.7. The second kappa shape index (κ2) is 15.7. The summed E-state index contributed by atoms with van der Waals surface area (Å²) in [5.41, 5.74) is 26.4. The summed E-state index contributed by atoms with van der Waals surface area (Å²) in [5, 5.41) is 20.7. The highest BCUT2D eigenvalue weighted by molar-refractivity contribution is 5.15. The average Bonchev–Trinajstić information content (AvgIpc) is 3.37. The lowest BCUT2D eigenvalue weighted by Gasteiger charge is -2.64. The molecular formula is C30H51N9O4. The molecule has 4 saturated carbocycles. The molecule has 0 aromatic carbocycles. The molecule has 240 valence electrons. The van der Waals surface area contributed by atoms with Gasteiger partial charge in [0.25, 0.3) is 0 Å². The molecule has 0 spiro atoms. The molecule has 4 rings (SSSR count). The summed E-state index contributed by atoms with van der Waals surface area (Å²) >= 11 is 0. The van der Waals surface area contributed by atoms with Gasteiger partial charge in [-0.3, -0.25) is 0 Å². The Morgan fingerprint density at radius 3 is 2.14 bits per heavy atom. The normalized spacial score (nSPS) is 38.8. The molecule has 0 aromatic heterocycles. The van der Waals surface area contributed by atoms with Gasteiger partial charge in [-0.05, 0) is 115 Å². The third-order valence-corrected chi connectivity index (χ3v) is 12.0. The predicted octanol–water partition coefficient (Wildman–Crippen LogP) is 7.36. The number of aliphatic hydroxyl groups excluding tert-OH is 1. The molecule has 1 N–H and O–H groups in total. The van der Waals surface area contributed by atoms with Crippen molar-refractivity contribution in [3.05, 3.63) is 31.3 Å². The van der Waals surface area contributed by atoms with Gasteiger partial charge in [0.1, 0.15) is 0 Å². The van der Waals surface area contributed by atoms with Crippen LogP contribution < -0.4 is 0 Å². The Morgan fingerprint density at radius 1 is 0.837 bits per heavy atom. The fourth-order valence-corrected chi connectivity index (χ4v) is 10.1. The Bertz CT molecular complexity index is 1060. The zero-order valence-electron chi connectivity index (χ0n) is 26.2. The highest BCUT2D eigenvalue weighted by Gasteiger charge is 2.66. The van der Waals surface area contributed by atoms with E-state index in [9.17, 15) is 5.11 Å². The summed E-state index contributed by atoms with van der Waals surface area (Å²) in [6.07, 6.45) is 9.25. The largest absolute Gasteiger partial charge is 0.396 e. The van der Waals surface area contributed by atoms with Gasteiger partial charge in [0.2, 0.25) is 0 Å². The minimum absolute atomic E-state index is 0.0500. The first-order valence-electron chi connectivity index (χ1n) is 16.3. The van der Waals surface area contributed by atoms with Crippen molar-refractivity contribution >= 4 is 0 Å². The lowest BCUT2D eigenvalue weighted by molar-refractivity contribution is -0.226. The Kier molecular flexibility index (Phi) is 12.3. The third-order valence-electron chi connectivity index (χ3n) is 12.0. The van der Waals surface area contributed by atoms with E-state index < -0.39 is 0 Å². The number of aliphatic hydroxyl groups is 1. The maximum Gasteiger partial charge on any atom is 0.0637 e. The predicted molar refractivity (Wildman–Crippen MR) is 163 cm³/mol. The van der Waals surface area contributed by atoms with E-state index in [2.05, 4.69) is 50.8 Å². The number of ether oxygens (including phenoxy) is 3. The van der Waals surface area contributed by atoms with Crippen LogP contribution in [-0.2, 0) is 14.2 Å². The molecule has 0 unspecified atom stereocenters. The van der Waals surface area contributed by atoms with Crippen molar-refractivity contribution in [2.45, 2.75) is 96.9 Å². The number of rotatable bonds is 16. The van der Waals surface area contributed by atoms with Crippen molar-refractivity contribution in [3.63, 3.8) is 0 Å². The van der Waals surface area contributed by atoms with E-state index in [1.807, 2.05) is 0 Å². The molecule has 0 aromatic rings. The van der Waals surface area contributed by atoms with Crippen molar-refractivity contribution in [1.82, 2.24) is 0 Å². The molecule has 0 amide bonds. The van der Waals surface area contributed by atoms with E-state index in [0.717, 1.165) is 57.8 Å². The molecule has 0 bridgehead atoms. The van der Waals surface area contributed by atoms with Crippen LogP contribution in [0.3, 0.4) is 0 Å². The van der Waals surface area contributed by atoms with Gasteiger partial charge >= 0.3 is 0 Å². The highest BCUT2D eigenvalue weighted by Crippen LogP contribution is 2.69. The van der Waals surface area contributed by atoms with Gasteiger partial charge in [0.15, 0.2) is 0 Å². The van der Waals surface area contributed by atoms with Gasteiger partial charge in [0, 0.05) is 46.4 Å². The number of fused-ring (bicyclic) bond motifs is 5. The van der Waals surface area contributed by atoms with Crippen LogP contribution in [0.25, 0.3) is 31.3 Å². The maximum atomic E-state index is 9.57. The van der Waals surface area contributed by atoms with Gasteiger partial charge in [-0.1, -0.05) is 36.1 Å². The average molecular weight is 602 g/mol. The molecule has 43 heavy (non-hydrogen) atoms. The fourth-order valence-electron chi connectivity index (χ4n) is 10.1. The molecule has 0 aliphatic heterocycles. The SMILES string of the molecule is C[C@@H](CCCO)[C@H]1CC[C@H]2[C@@H]3[C@H](OCCN=[N+]=[N-])C[C@@H]4C[C@H](OCCN=[N+]=[N-])CC[C@]4(C)[C@H]3C[C@H](OCCN=[N+]=[N-])[C@]12C. The summed E-state index contributed by atoms with van der Waals surface area (Å²) < 4.78 is 19.6. The molecule has 0 saturated heterocycles. The van der Waals surface area contributed by atoms with E-state index in [0.29, 0.717) is 75.0 Å². The van der Waals surface area contributed by atoms with E-state index in [1.54, 1.807) is 0 Å². The topological polar surface area (TPSA) is 194 Å². The van der Waals surface area contributed by atoms with Crippen molar-refractivity contribution in [1.29, 1.82) is 0 Å². The van der Waals surface area contributed by atoms with Crippen LogP contribution >= 0.6 is 0 Å². The second-order valence-corrected chi connectivity index (χ2v) is 13.8. The van der Waals surface area contributed by atoms with Crippen LogP contribution in [0.5, 0.6) is 0 Å². The summed E-state index contributed by atoms with van der Waals surface area (Å²) in [4.78, 5) is 8.72. The Morgan fingerprint density at radius 2 is 1.49 bits per heavy atom. The molecule has 4 aliphatic carbocycles. The molecule has 11 atom stereocenters. The summed E-state index contributed by atoms with van der Waals surface area (Å²) in [6.45, 7) is 9.75. The van der Waals surface area contributed by atoms with E-state index in [4.69, 9.17) is 30.8 Å². The Hall–Kier alpha value is -2.23. The number of hydrogen-bond acceptors (Lipinski definition) is 7. The molecular weight excluding hydrogens is 550 g/mol. The van der Waals surface area contributed by atoms with Crippen LogP contribution in [0, 0.1) is 46.3 Å². The molecule has 4 aliphatic rings. The quantitative estimate of drug-likeness (QED) is 0.0835. The van der Waals surface area contributed by atoms with Crippen LogP contribution in [0.1, 0.15) is 78.6 Å². The van der Waals surface area contributed by atoms with Gasteiger partial charge in [-0.2, -0.15) is 0 Å². The standard InChI is InChI=1S/C30H51N9O4/c1-20(5-4-13-40)23-6-7-24-28-25(19-27(30(23,24)3)43-16-12-36-39-33)29(2)9-8-22(41-14-10-34-37-31)17-21(29)18-26(28)42-15-11-35-38-32/h20-28,40H,4-19H2,1-3H3/t20-,21-,22+,23+,24-,25-,26+,27-,28-,29-,30+/m0/s1. The lowest BCUT2D eigenvalue weighted by Crippen LogP contribution is -2.63. The molecule has 13 nitrogen and oxygen atoms in total. The van der Waals surface area contributed by atoms with Gasteiger partial charge in [-0.15, -0.1) is 0 Å². The minimum Gasteiger partial charge on any atom is -0.396 e. The minimum atomic E-state index is -0.0520. The Labute approximate surface area is 255 Å². The maximum absolute atomic E-state index is 9.57. The van der Waals surface area contributed by atoms with Crippen LogP contribution in [-0.4, -0.2) is 69.5 Å². The van der Waals surface area contributed by atoms with Gasteiger partial charge in [-0.25, -0.2) is 0 Å². The first-order valence-corrected chi connectivity index (χ1v) is 16.3. The highest BCUT2D eigenvalue weighted by atomic mass is 16.5. The summed E-state index contributed by atoms with van der Waals surface area (Å²) in [6, 6.07) is 0. The number of hydrogen-bond donors (Lipinski definition) is 1. The van der Waals surface area contributed by atoms with Crippen molar-refractivity contribution in [2.24, 2.45) is 61.7 Å². The lowest BCUT2D eigenvalue weighted by atomic mass is 9.43. The van der Waals surface area contributed by atoms with E-state index in [-0.39, 0.29) is 35.7 Å². The van der Waals surface area contributed by atoms with E-state index >= 15 is 0 Å². The number of nitrogens with zero attached hydrogens (tertiary/aromatic N) is 9.